The third-order valence-corrected chi connectivity index (χ3v) is 8.08. The zero-order chi connectivity index (χ0) is 29.1. The second-order valence-corrected chi connectivity index (χ2v) is 11.8. The molecule has 2 aliphatic rings. The number of carbonyl (C=O) groups is 2. The number of nitrogens with one attached hydrogen (secondary N) is 2. The van der Waals surface area contributed by atoms with Gasteiger partial charge in [-0.1, -0.05) is 13.8 Å². The van der Waals surface area contributed by atoms with Crippen LogP contribution in [0, 0.1) is 11.8 Å². The standard InChI is InChI=1S/C28H45BN2O8/c1-16(2)12-22(29-38-27(3,4)28(5,6)39-29)31-26(34)20(15-32)30-25(33)18-11-10-17-14-21(35-7)24(37-9)23(36-8)19(17)13-18/h14,16,18,20,22,32H,10-13,15H2,1-9H3,(H,30,33)(H,31,34)/t18?,20-,22-/m0/s1. The van der Waals surface area contributed by atoms with Crippen molar-refractivity contribution in [1.29, 1.82) is 0 Å². The first-order valence-corrected chi connectivity index (χ1v) is 13.7. The molecule has 2 amide bonds. The Labute approximate surface area is 232 Å². The van der Waals surface area contributed by atoms with E-state index in [0.29, 0.717) is 42.9 Å². The summed E-state index contributed by atoms with van der Waals surface area (Å²) in [4.78, 5) is 26.6. The van der Waals surface area contributed by atoms with Crippen LogP contribution in [0.25, 0.3) is 0 Å². The number of hydrogen-bond donors (Lipinski definition) is 3. The van der Waals surface area contributed by atoms with Crippen LogP contribution in [0.2, 0.25) is 0 Å². The minimum absolute atomic E-state index is 0.254. The van der Waals surface area contributed by atoms with Crippen molar-refractivity contribution in [2.45, 2.75) is 90.4 Å². The molecule has 10 nitrogen and oxygen atoms in total. The van der Waals surface area contributed by atoms with E-state index in [-0.39, 0.29) is 11.8 Å². The van der Waals surface area contributed by atoms with Crippen LogP contribution in [0.15, 0.2) is 6.07 Å². The molecule has 0 aromatic heterocycles. The van der Waals surface area contributed by atoms with Crippen molar-refractivity contribution < 1.29 is 38.2 Å². The number of carbonyl (C=O) groups excluding carboxylic acids is 2. The number of ether oxygens (including phenoxy) is 3. The fourth-order valence-corrected chi connectivity index (χ4v) is 5.18. The zero-order valence-electron chi connectivity index (χ0n) is 24.8. The number of amides is 2. The Morgan fingerprint density at radius 1 is 1.05 bits per heavy atom. The fourth-order valence-electron chi connectivity index (χ4n) is 5.18. The first-order chi connectivity index (χ1) is 18.3. The minimum Gasteiger partial charge on any atom is -0.493 e. The Morgan fingerprint density at radius 2 is 1.67 bits per heavy atom. The van der Waals surface area contributed by atoms with E-state index in [0.717, 1.165) is 11.1 Å². The fraction of sp³-hybridized carbons (Fsp3) is 0.714. The molecule has 1 aliphatic carbocycles. The van der Waals surface area contributed by atoms with E-state index < -0.39 is 48.7 Å². The van der Waals surface area contributed by atoms with E-state index in [9.17, 15) is 14.7 Å². The SMILES string of the molecule is COc1cc2c(c(OC)c1OC)CC(C(=O)N[C@@H](CO)C(=O)N[C@@H](CC(C)C)B1OC(C)(C)C(C)(C)O1)CC2. The summed E-state index contributed by atoms with van der Waals surface area (Å²) in [6.07, 6.45) is 2.24. The minimum atomic E-state index is -1.11. The van der Waals surface area contributed by atoms with Gasteiger partial charge in [-0.25, -0.2) is 0 Å². The van der Waals surface area contributed by atoms with E-state index in [1.807, 2.05) is 33.8 Å². The lowest BCUT2D eigenvalue weighted by atomic mass is 9.74. The van der Waals surface area contributed by atoms with Gasteiger partial charge < -0.3 is 39.3 Å². The van der Waals surface area contributed by atoms with Gasteiger partial charge in [-0.15, -0.1) is 0 Å². The van der Waals surface area contributed by atoms with Gasteiger partial charge in [0.1, 0.15) is 6.04 Å². The predicted octanol–water partition coefficient (Wildman–Crippen LogP) is 2.46. The zero-order valence-corrected chi connectivity index (χ0v) is 24.8. The molecule has 1 unspecified atom stereocenters. The van der Waals surface area contributed by atoms with Gasteiger partial charge in [0.15, 0.2) is 11.5 Å². The number of aryl methyl sites for hydroxylation is 1. The van der Waals surface area contributed by atoms with Crippen molar-refractivity contribution in [3.05, 3.63) is 17.2 Å². The Balaban J connectivity index is 1.72. The van der Waals surface area contributed by atoms with Gasteiger partial charge in [-0.05, 0) is 70.9 Å². The summed E-state index contributed by atoms with van der Waals surface area (Å²) in [5.74, 6) is 0.217. The molecule has 1 heterocycles. The Kier molecular flexibility index (Phi) is 9.83. The van der Waals surface area contributed by atoms with Gasteiger partial charge >= 0.3 is 7.12 Å². The molecule has 1 fully saturated rings. The lowest BCUT2D eigenvalue weighted by Gasteiger charge is -2.32. The second kappa shape index (κ2) is 12.3. The summed E-state index contributed by atoms with van der Waals surface area (Å²) in [7, 11) is 4.02. The topological polar surface area (TPSA) is 125 Å². The smallest absolute Gasteiger partial charge is 0.481 e. The van der Waals surface area contributed by atoms with Crippen molar-refractivity contribution >= 4 is 18.9 Å². The molecular formula is C28H45BN2O8. The van der Waals surface area contributed by atoms with Crippen LogP contribution in [0.1, 0.15) is 65.5 Å². The highest BCUT2D eigenvalue weighted by Crippen LogP contribution is 2.45. The molecule has 1 aromatic carbocycles. The van der Waals surface area contributed by atoms with E-state index in [1.165, 1.54) is 0 Å². The Hall–Kier alpha value is -2.50. The maximum atomic E-state index is 13.3. The van der Waals surface area contributed by atoms with Crippen molar-refractivity contribution in [3.8, 4) is 17.2 Å². The highest BCUT2D eigenvalue weighted by atomic mass is 16.7. The molecule has 218 valence electrons. The van der Waals surface area contributed by atoms with E-state index >= 15 is 0 Å². The van der Waals surface area contributed by atoms with Gasteiger partial charge in [-0.2, -0.15) is 0 Å². The number of aliphatic hydroxyl groups excluding tert-OH is 1. The molecule has 11 heteroatoms. The quantitative estimate of drug-likeness (QED) is 0.361. The summed E-state index contributed by atoms with van der Waals surface area (Å²) in [6.45, 7) is 11.4. The number of hydrogen-bond acceptors (Lipinski definition) is 8. The normalized spacial score (nSPS) is 21.1. The van der Waals surface area contributed by atoms with Gasteiger partial charge in [0, 0.05) is 11.5 Å². The average molecular weight is 548 g/mol. The van der Waals surface area contributed by atoms with Gasteiger partial charge in [-0.3, -0.25) is 9.59 Å². The Morgan fingerprint density at radius 3 is 2.18 bits per heavy atom. The lowest BCUT2D eigenvalue weighted by Crippen LogP contribution is -2.56. The van der Waals surface area contributed by atoms with Crippen molar-refractivity contribution in [2.75, 3.05) is 27.9 Å². The molecule has 0 bridgehead atoms. The van der Waals surface area contributed by atoms with Crippen LogP contribution in [-0.4, -0.2) is 75.2 Å². The van der Waals surface area contributed by atoms with E-state index in [1.54, 1.807) is 21.3 Å². The molecule has 3 atom stereocenters. The number of methoxy groups -OCH3 is 3. The largest absolute Gasteiger partial charge is 0.493 e. The monoisotopic (exact) mass is 548 g/mol. The number of aliphatic hydroxyl groups is 1. The summed E-state index contributed by atoms with van der Waals surface area (Å²) >= 11 is 0. The molecule has 3 N–H and O–H groups in total. The maximum absolute atomic E-state index is 13.3. The molecule has 0 radical (unpaired) electrons. The van der Waals surface area contributed by atoms with Crippen LogP contribution < -0.4 is 24.8 Å². The third kappa shape index (κ3) is 6.64. The van der Waals surface area contributed by atoms with Crippen molar-refractivity contribution in [2.24, 2.45) is 11.8 Å². The molecule has 3 rings (SSSR count). The molecule has 0 saturated carbocycles. The van der Waals surface area contributed by atoms with Crippen LogP contribution in [0.4, 0.5) is 0 Å². The van der Waals surface area contributed by atoms with Gasteiger partial charge in [0.2, 0.25) is 17.6 Å². The van der Waals surface area contributed by atoms with Crippen LogP contribution in [0.3, 0.4) is 0 Å². The maximum Gasteiger partial charge on any atom is 0.481 e. The highest BCUT2D eigenvalue weighted by Gasteiger charge is 2.54. The summed E-state index contributed by atoms with van der Waals surface area (Å²) < 4.78 is 29.0. The average Bonchev–Trinajstić information content (AvgIpc) is 3.10. The van der Waals surface area contributed by atoms with Crippen molar-refractivity contribution in [1.82, 2.24) is 10.6 Å². The van der Waals surface area contributed by atoms with Crippen LogP contribution in [-0.2, 0) is 31.7 Å². The number of rotatable bonds is 11. The van der Waals surface area contributed by atoms with E-state index in [2.05, 4.69) is 24.5 Å². The van der Waals surface area contributed by atoms with Gasteiger partial charge in [0.05, 0.1) is 45.1 Å². The second-order valence-electron chi connectivity index (χ2n) is 11.8. The molecule has 1 aliphatic heterocycles. The van der Waals surface area contributed by atoms with Crippen LogP contribution in [0.5, 0.6) is 17.2 Å². The van der Waals surface area contributed by atoms with Crippen molar-refractivity contribution in [3.63, 3.8) is 0 Å². The first-order valence-electron chi connectivity index (χ1n) is 13.7. The molecule has 39 heavy (non-hydrogen) atoms. The lowest BCUT2D eigenvalue weighted by molar-refractivity contribution is -0.132. The number of benzene rings is 1. The third-order valence-electron chi connectivity index (χ3n) is 8.08. The highest BCUT2D eigenvalue weighted by molar-refractivity contribution is 6.48. The van der Waals surface area contributed by atoms with Gasteiger partial charge in [0.25, 0.3) is 0 Å². The summed E-state index contributed by atoms with van der Waals surface area (Å²) in [6, 6.07) is 0.808. The Bertz CT molecular complexity index is 1030. The molecule has 0 spiro atoms. The summed E-state index contributed by atoms with van der Waals surface area (Å²) in [5.41, 5.74) is 0.814. The van der Waals surface area contributed by atoms with Crippen LogP contribution >= 0.6 is 0 Å². The first kappa shape index (κ1) is 31.0. The number of fused-ring (bicyclic) bond motifs is 1. The molecular weight excluding hydrogens is 503 g/mol. The predicted molar refractivity (Wildman–Crippen MR) is 148 cm³/mol. The molecule has 1 saturated heterocycles. The molecule has 1 aromatic rings. The summed E-state index contributed by atoms with van der Waals surface area (Å²) in [5, 5.41) is 15.8. The van der Waals surface area contributed by atoms with E-state index in [4.69, 9.17) is 23.5 Å².